The number of benzene rings is 2. The number of hydrogen-bond acceptors (Lipinski definition) is 6. The monoisotopic (exact) mass is 403 g/mol. The Balaban J connectivity index is 1.24. The molecule has 2 aliphatic rings. The molecule has 7 heteroatoms. The molecular formula is C23H21N3O4. The molecule has 1 saturated heterocycles. The summed E-state index contributed by atoms with van der Waals surface area (Å²) < 4.78 is 11.3. The topological polar surface area (TPSA) is 85.5 Å². The first-order chi connectivity index (χ1) is 14.7. The Morgan fingerprint density at radius 1 is 1.03 bits per heavy atom. The number of carbonyl (C=O) groups is 2. The molecule has 1 amide bonds. The van der Waals surface area contributed by atoms with Crippen molar-refractivity contribution in [1.29, 1.82) is 0 Å². The van der Waals surface area contributed by atoms with Gasteiger partial charge in [-0.05, 0) is 43.2 Å². The number of hydrogen-bond donors (Lipinski definition) is 0. The van der Waals surface area contributed by atoms with Gasteiger partial charge in [-0.3, -0.25) is 9.59 Å². The fourth-order valence-corrected chi connectivity index (χ4v) is 4.02. The number of Topliss-reactive ketones (excluding diaryl/α,β-unsaturated/α-hetero) is 1. The highest BCUT2D eigenvalue weighted by Gasteiger charge is 2.28. The quantitative estimate of drug-likeness (QED) is 0.667. The van der Waals surface area contributed by atoms with Gasteiger partial charge in [-0.2, -0.15) is 0 Å². The average molecular weight is 403 g/mol. The van der Waals surface area contributed by atoms with Crippen molar-refractivity contribution in [3.63, 3.8) is 0 Å². The number of ether oxygens (including phenoxy) is 1. The van der Waals surface area contributed by atoms with E-state index in [0.29, 0.717) is 42.6 Å². The summed E-state index contributed by atoms with van der Waals surface area (Å²) in [4.78, 5) is 26.4. The molecule has 5 rings (SSSR count). The Morgan fingerprint density at radius 2 is 1.83 bits per heavy atom. The van der Waals surface area contributed by atoms with Crippen molar-refractivity contribution in [3.8, 4) is 17.2 Å². The van der Waals surface area contributed by atoms with Gasteiger partial charge in [0.1, 0.15) is 12.4 Å². The first-order valence-corrected chi connectivity index (χ1v) is 10.1. The summed E-state index contributed by atoms with van der Waals surface area (Å²) in [5, 5.41) is 8.41. The molecule has 0 radical (unpaired) electrons. The third kappa shape index (κ3) is 3.58. The van der Waals surface area contributed by atoms with E-state index in [1.165, 1.54) is 0 Å². The van der Waals surface area contributed by atoms with Crippen molar-refractivity contribution in [2.45, 2.75) is 25.2 Å². The fourth-order valence-electron chi connectivity index (χ4n) is 4.02. The first-order valence-electron chi connectivity index (χ1n) is 10.1. The molecule has 1 aromatic heterocycles. The van der Waals surface area contributed by atoms with E-state index in [0.717, 1.165) is 24.0 Å². The van der Waals surface area contributed by atoms with Gasteiger partial charge < -0.3 is 14.1 Å². The van der Waals surface area contributed by atoms with Crippen molar-refractivity contribution >= 4 is 11.7 Å². The van der Waals surface area contributed by atoms with Crippen LogP contribution in [0.15, 0.2) is 52.9 Å². The van der Waals surface area contributed by atoms with Crippen LogP contribution < -0.4 is 4.74 Å². The molecule has 7 nitrogen and oxygen atoms in total. The number of carbonyl (C=O) groups excluding carboxylic acids is 2. The lowest BCUT2D eigenvalue weighted by molar-refractivity contribution is -0.121. The molecule has 2 aliphatic heterocycles. The molecule has 3 aromatic rings. The largest absolute Gasteiger partial charge is 0.486 e. The highest BCUT2D eigenvalue weighted by Crippen LogP contribution is 2.31. The van der Waals surface area contributed by atoms with Crippen LogP contribution in [0.25, 0.3) is 11.5 Å². The summed E-state index contributed by atoms with van der Waals surface area (Å²) in [5.41, 5.74) is 2.28. The Morgan fingerprint density at radius 3 is 2.63 bits per heavy atom. The number of nitrogens with zero attached hydrogens (tertiary/aromatic N) is 3. The third-order valence-electron chi connectivity index (χ3n) is 5.68. The van der Waals surface area contributed by atoms with Crippen LogP contribution in [0.1, 0.15) is 40.6 Å². The van der Waals surface area contributed by atoms with Crippen LogP contribution in [0.5, 0.6) is 5.75 Å². The van der Waals surface area contributed by atoms with Crippen molar-refractivity contribution in [2.75, 3.05) is 19.7 Å². The van der Waals surface area contributed by atoms with E-state index in [4.69, 9.17) is 9.15 Å². The van der Waals surface area contributed by atoms with E-state index in [1.54, 1.807) is 18.2 Å². The van der Waals surface area contributed by atoms with Gasteiger partial charge in [-0.25, -0.2) is 0 Å². The Labute approximate surface area is 173 Å². The van der Waals surface area contributed by atoms with Gasteiger partial charge in [0, 0.05) is 42.1 Å². The van der Waals surface area contributed by atoms with Gasteiger partial charge in [-0.15, -0.1) is 10.2 Å². The van der Waals surface area contributed by atoms with Gasteiger partial charge in [0.25, 0.3) is 5.91 Å². The van der Waals surface area contributed by atoms with Gasteiger partial charge in [0.15, 0.2) is 5.78 Å². The minimum Gasteiger partial charge on any atom is -0.486 e. The zero-order valence-electron chi connectivity index (χ0n) is 16.4. The molecule has 0 saturated carbocycles. The second kappa shape index (κ2) is 7.74. The van der Waals surface area contributed by atoms with E-state index in [-0.39, 0.29) is 24.2 Å². The number of aromatic nitrogens is 2. The molecule has 0 N–H and O–H groups in total. The molecule has 152 valence electrons. The standard InChI is InChI=1S/C23H21N3O4/c27-19-13-18-12-17(6-7-20(18)29-14-19)23(28)26-10-8-16(9-11-26)22-25-24-21(30-22)15-4-2-1-3-5-15/h1-7,12,16H,8-11,13-14H2. The molecule has 0 spiro atoms. The van der Waals surface area contributed by atoms with Crippen molar-refractivity contribution < 1.29 is 18.7 Å². The van der Waals surface area contributed by atoms with E-state index >= 15 is 0 Å². The van der Waals surface area contributed by atoms with Crippen LogP contribution in [0.2, 0.25) is 0 Å². The van der Waals surface area contributed by atoms with Crippen LogP contribution in [0.3, 0.4) is 0 Å². The van der Waals surface area contributed by atoms with E-state index < -0.39 is 0 Å². The molecule has 30 heavy (non-hydrogen) atoms. The van der Waals surface area contributed by atoms with Crippen LogP contribution in [0.4, 0.5) is 0 Å². The highest BCUT2D eigenvalue weighted by molar-refractivity contribution is 5.95. The number of amides is 1. The smallest absolute Gasteiger partial charge is 0.253 e. The predicted octanol–water partition coefficient (Wildman–Crippen LogP) is 3.26. The second-order valence-corrected chi connectivity index (χ2v) is 7.70. The molecule has 1 fully saturated rings. The number of likely N-dealkylation sites (tertiary alicyclic amines) is 1. The summed E-state index contributed by atoms with van der Waals surface area (Å²) in [7, 11) is 0. The third-order valence-corrected chi connectivity index (χ3v) is 5.68. The molecule has 0 atom stereocenters. The fraction of sp³-hybridized carbons (Fsp3) is 0.304. The van der Waals surface area contributed by atoms with Crippen molar-refractivity contribution in [2.24, 2.45) is 0 Å². The van der Waals surface area contributed by atoms with Crippen molar-refractivity contribution in [3.05, 3.63) is 65.5 Å². The maximum absolute atomic E-state index is 12.9. The van der Waals surface area contributed by atoms with Crippen molar-refractivity contribution in [1.82, 2.24) is 15.1 Å². The molecule has 0 unspecified atom stereocenters. The summed E-state index contributed by atoms with van der Waals surface area (Å²) in [6, 6.07) is 15.0. The Bertz CT molecular complexity index is 1080. The lowest BCUT2D eigenvalue weighted by atomic mass is 9.95. The summed E-state index contributed by atoms with van der Waals surface area (Å²) >= 11 is 0. The zero-order chi connectivity index (χ0) is 20.5. The number of fused-ring (bicyclic) bond motifs is 1. The molecule has 3 heterocycles. The number of rotatable bonds is 3. The average Bonchev–Trinajstić information content (AvgIpc) is 3.29. The Kier molecular flexibility index (Phi) is 4.78. The molecule has 0 bridgehead atoms. The van der Waals surface area contributed by atoms with Gasteiger partial charge in [0.05, 0.1) is 0 Å². The zero-order valence-corrected chi connectivity index (χ0v) is 16.4. The predicted molar refractivity (Wildman–Crippen MR) is 108 cm³/mol. The molecular weight excluding hydrogens is 382 g/mol. The van der Waals surface area contributed by atoms with Crippen LogP contribution in [0, 0.1) is 0 Å². The highest BCUT2D eigenvalue weighted by atomic mass is 16.5. The van der Waals surface area contributed by atoms with E-state index in [9.17, 15) is 9.59 Å². The molecule has 2 aromatic carbocycles. The normalized spacial score (nSPS) is 16.8. The maximum Gasteiger partial charge on any atom is 0.253 e. The summed E-state index contributed by atoms with van der Waals surface area (Å²) in [5.74, 6) is 2.00. The Hall–Kier alpha value is -3.48. The second-order valence-electron chi connectivity index (χ2n) is 7.70. The SMILES string of the molecule is O=C1COc2ccc(C(=O)N3CCC(c4nnc(-c5ccccc5)o4)CC3)cc2C1. The van der Waals surface area contributed by atoms with Crippen LogP contribution in [-0.4, -0.2) is 46.5 Å². The van der Waals surface area contributed by atoms with Crippen LogP contribution in [-0.2, 0) is 11.2 Å². The minimum absolute atomic E-state index is 0.0234. The van der Waals surface area contributed by atoms with Gasteiger partial charge in [-0.1, -0.05) is 18.2 Å². The molecule has 0 aliphatic carbocycles. The lowest BCUT2D eigenvalue weighted by Crippen LogP contribution is -2.38. The number of piperidine rings is 1. The first kappa shape index (κ1) is 18.5. The van der Waals surface area contributed by atoms with Crippen LogP contribution >= 0.6 is 0 Å². The minimum atomic E-state index is -0.0234. The maximum atomic E-state index is 12.9. The summed E-state index contributed by atoms with van der Waals surface area (Å²) in [6.07, 6.45) is 1.86. The number of ketones is 1. The van der Waals surface area contributed by atoms with Gasteiger partial charge >= 0.3 is 0 Å². The van der Waals surface area contributed by atoms with E-state index in [2.05, 4.69) is 10.2 Å². The lowest BCUT2D eigenvalue weighted by Gasteiger charge is -2.30. The van der Waals surface area contributed by atoms with E-state index in [1.807, 2.05) is 35.2 Å². The summed E-state index contributed by atoms with van der Waals surface area (Å²) in [6.45, 7) is 1.35. The van der Waals surface area contributed by atoms with Gasteiger partial charge in [0.2, 0.25) is 11.8 Å².